The van der Waals surface area contributed by atoms with Crippen LogP contribution in [0.25, 0.3) is 16.3 Å². The summed E-state index contributed by atoms with van der Waals surface area (Å²) in [4.78, 5) is 13.3. The predicted molar refractivity (Wildman–Crippen MR) is 112 cm³/mol. The summed E-state index contributed by atoms with van der Waals surface area (Å²) >= 11 is 3.41. The van der Waals surface area contributed by atoms with Gasteiger partial charge in [0.05, 0.1) is 0 Å². The second kappa shape index (κ2) is 5.83. The average Bonchev–Trinajstić information content (AvgIpc) is 3.05. The van der Waals surface area contributed by atoms with E-state index in [1.165, 1.54) is 0 Å². The second-order valence-corrected chi connectivity index (χ2v) is 9.05. The van der Waals surface area contributed by atoms with Crippen molar-refractivity contribution >= 4 is 43.7 Å². The Balaban J connectivity index is 1.81. The highest BCUT2D eigenvalue weighted by molar-refractivity contribution is 9.10. The summed E-state index contributed by atoms with van der Waals surface area (Å²) in [5, 5.41) is 5.93. The highest BCUT2D eigenvalue weighted by Crippen LogP contribution is 2.51. The van der Waals surface area contributed by atoms with Gasteiger partial charge >= 0.3 is 0 Å². The van der Waals surface area contributed by atoms with Crippen LogP contribution in [0.2, 0.25) is 0 Å². The van der Waals surface area contributed by atoms with Gasteiger partial charge in [-0.1, -0.05) is 44.2 Å². The zero-order chi connectivity index (χ0) is 18.8. The highest BCUT2D eigenvalue weighted by Gasteiger charge is 2.41. The third-order valence-corrected chi connectivity index (χ3v) is 6.04. The zero-order valence-electron chi connectivity index (χ0n) is 15.3. The number of ketones is 1. The van der Waals surface area contributed by atoms with Crippen molar-refractivity contribution in [3.8, 4) is 0 Å². The van der Waals surface area contributed by atoms with Gasteiger partial charge in [0.25, 0.3) is 0 Å². The number of furan rings is 1. The van der Waals surface area contributed by atoms with E-state index >= 15 is 0 Å². The Hall–Kier alpha value is -2.33. The highest BCUT2D eigenvalue weighted by atomic mass is 79.9. The van der Waals surface area contributed by atoms with Crippen LogP contribution in [0.5, 0.6) is 0 Å². The Morgan fingerprint density at radius 1 is 1.07 bits per heavy atom. The molecule has 3 nitrogen and oxygen atoms in total. The molecule has 0 radical (unpaired) electrons. The van der Waals surface area contributed by atoms with Crippen LogP contribution < -0.4 is 5.32 Å². The van der Waals surface area contributed by atoms with Crippen molar-refractivity contribution in [1.29, 1.82) is 0 Å². The third-order valence-electron chi connectivity index (χ3n) is 5.61. The third kappa shape index (κ3) is 2.66. The number of halogens is 1. The number of hydrogen-bond acceptors (Lipinski definition) is 3. The molecule has 2 aliphatic rings. The lowest BCUT2D eigenvalue weighted by molar-refractivity contribution is -0.116. The molecule has 1 N–H and O–H groups in total. The lowest BCUT2D eigenvalue weighted by atomic mass is 9.68. The summed E-state index contributed by atoms with van der Waals surface area (Å²) in [5.74, 6) is 1.06. The van der Waals surface area contributed by atoms with Gasteiger partial charge in [0, 0.05) is 23.2 Å². The normalized spacial score (nSPS) is 21.0. The van der Waals surface area contributed by atoms with E-state index in [0.29, 0.717) is 11.1 Å². The molecule has 0 unspecified atom stereocenters. The first-order valence-electron chi connectivity index (χ1n) is 9.23. The van der Waals surface area contributed by atoms with Gasteiger partial charge in [0.2, 0.25) is 0 Å². The molecule has 0 spiro atoms. The number of rotatable bonds is 1. The summed E-state index contributed by atoms with van der Waals surface area (Å²) in [6.45, 7) is 4.34. The van der Waals surface area contributed by atoms with Crippen LogP contribution in [0.1, 0.15) is 44.1 Å². The molecule has 27 heavy (non-hydrogen) atoms. The van der Waals surface area contributed by atoms with Gasteiger partial charge in [-0.05, 0) is 62.3 Å². The fraction of sp³-hybridized carbons (Fsp3) is 0.261. The van der Waals surface area contributed by atoms with Crippen molar-refractivity contribution in [3.63, 3.8) is 0 Å². The molecule has 0 fully saturated rings. The van der Waals surface area contributed by atoms with Crippen molar-refractivity contribution in [1.82, 2.24) is 0 Å². The molecule has 2 aromatic carbocycles. The minimum atomic E-state index is -0.122. The quantitative estimate of drug-likeness (QED) is 0.487. The molecule has 4 heteroatoms. The van der Waals surface area contributed by atoms with Crippen LogP contribution in [0, 0.1) is 5.41 Å². The molecule has 0 amide bonds. The van der Waals surface area contributed by atoms with Crippen LogP contribution in [0.4, 0.5) is 5.69 Å². The SMILES string of the molecule is CC1(C)CC(=O)C2=C(C1)[C@H](c1ccc(Br)o1)Nc1ccc3ccccc3c12. The molecule has 1 aliphatic heterocycles. The van der Waals surface area contributed by atoms with Gasteiger partial charge in [-0.2, -0.15) is 0 Å². The number of allylic oxidation sites excluding steroid dienone is 1. The summed E-state index contributed by atoms with van der Waals surface area (Å²) < 4.78 is 6.59. The minimum Gasteiger partial charge on any atom is -0.452 e. The maximum absolute atomic E-state index is 13.3. The van der Waals surface area contributed by atoms with Gasteiger partial charge in [-0.3, -0.25) is 4.79 Å². The first kappa shape index (κ1) is 16.8. The molecular weight excluding hydrogens is 402 g/mol. The van der Waals surface area contributed by atoms with Crippen molar-refractivity contribution in [2.45, 2.75) is 32.7 Å². The Kier molecular flexibility index (Phi) is 3.63. The van der Waals surface area contributed by atoms with Crippen LogP contribution in [0.3, 0.4) is 0 Å². The molecule has 1 atom stereocenters. The number of benzene rings is 2. The van der Waals surface area contributed by atoms with Crippen molar-refractivity contribution in [2.75, 3.05) is 5.32 Å². The molecular formula is C23H20BrNO2. The molecule has 136 valence electrons. The van der Waals surface area contributed by atoms with Gasteiger partial charge in [0.1, 0.15) is 11.8 Å². The van der Waals surface area contributed by atoms with Crippen LogP contribution in [-0.2, 0) is 4.79 Å². The molecule has 2 heterocycles. The van der Waals surface area contributed by atoms with E-state index < -0.39 is 0 Å². The van der Waals surface area contributed by atoms with E-state index in [1.54, 1.807) is 0 Å². The average molecular weight is 422 g/mol. The molecule has 0 saturated heterocycles. The fourth-order valence-electron chi connectivity index (χ4n) is 4.55. The lowest BCUT2D eigenvalue weighted by Gasteiger charge is -2.39. The minimum absolute atomic E-state index is 0.0538. The molecule has 0 bridgehead atoms. The molecule has 5 rings (SSSR count). The molecule has 1 aromatic heterocycles. The lowest BCUT2D eigenvalue weighted by Crippen LogP contribution is -2.32. The van der Waals surface area contributed by atoms with E-state index in [0.717, 1.165) is 45.4 Å². The Morgan fingerprint density at radius 2 is 1.89 bits per heavy atom. The Labute approximate surface area is 166 Å². The van der Waals surface area contributed by atoms with E-state index in [1.807, 2.05) is 24.3 Å². The first-order chi connectivity index (χ1) is 12.9. The van der Waals surface area contributed by atoms with Crippen LogP contribution >= 0.6 is 15.9 Å². The molecule has 3 aromatic rings. The van der Waals surface area contributed by atoms with Crippen molar-refractivity contribution < 1.29 is 9.21 Å². The van der Waals surface area contributed by atoms with Crippen molar-refractivity contribution in [2.24, 2.45) is 5.41 Å². The summed E-state index contributed by atoms with van der Waals surface area (Å²) in [7, 11) is 0. The van der Waals surface area contributed by atoms with Crippen LogP contribution in [-0.4, -0.2) is 5.78 Å². The molecule has 0 saturated carbocycles. The number of fused-ring (bicyclic) bond motifs is 4. The number of nitrogens with one attached hydrogen (secondary N) is 1. The zero-order valence-corrected chi connectivity index (χ0v) is 16.9. The standard InChI is InChI=1S/C23H20BrNO2/c1-23(2)11-15-21(17(26)12-23)20-14-6-4-3-5-13(14)7-8-16(20)25-22(15)18-9-10-19(24)27-18/h3-10,22,25H,11-12H2,1-2H3/t22-/m1/s1. The van der Waals surface area contributed by atoms with E-state index in [2.05, 4.69) is 59.4 Å². The number of carbonyl (C=O) groups excluding carboxylic acids is 1. The van der Waals surface area contributed by atoms with E-state index in [-0.39, 0.29) is 17.2 Å². The monoisotopic (exact) mass is 421 g/mol. The largest absolute Gasteiger partial charge is 0.452 e. The smallest absolute Gasteiger partial charge is 0.169 e. The maximum Gasteiger partial charge on any atom is 0.169 e. The van der Waals surface area contributed by atoms with E-state index in [9.17, 15) is 4.79 Å². The number of anilines is 1. The fourth-order valence-corrected chi connectivity index (χ4v) is 4.86. The topological polar surface area (TPSA) is 42.2 Å². The number of Topliss-reactive ketones (excluding diaryl/α,β-unsaturated/α-hetero) is 1. The number of hydrogen-bond donors (Lipinski definition) is 1. The van der Waals surface area contributed by atoms with Gasteiger partial charge in [0.15, 0.2) is 10.5 Å². The Bertz CT molecular complexity index is 1120. The summed E-state index contributed by atoms with van der Waals surface area (Å²) in [6.07, 6.45) is 1.44. The van der Waals surface area contributed by atoms with Gasteiger partial charge in [-0.25, -0.2) is 0 Å². The van der Waals surface area contributed by atoms with Crippen molar-refractivity contribution in [3.05, 3.63) is 70.1 Å². The predicted octanol–water partition coefficient (Wildman–Crippen LogP) is 6.50. The van der Waals surface area contributed by atoms with Gasteiger partial charge < -0.3 is 9.73 Å². The van der Waals surface area contributed by atoms with Gasteiger partial charge in [-0.15, -0.1) is 0 Å². The van der Waals surface area contributed by atoms with E-state index in [4.69, 9.17) is 4.42 Å². The molecule has 1 aliphatic carbocycles. The first-order valence-corrected chi connectivity index (χ1v) is 10.0. The maximum atomic E-state index is 13.3. The Morgan fingerprint density at radius 3 is 2.67 bits per heavy atom. The summed E-state index contributed by atoms with van der Waals surface area (Å²) in [5.41, 5.74) is 4.02. The number of carbonyl (C=O) groups is 1. The second-order valence-electron chi connectivity index (χ2n) is 8.27. The summed E-state index contributed by atoms with van der Waals surface area (Å²) in [6, 6.07) is 16.2. The van der Waals surface area contributed by atoms with Crippen LogP contribution in [0.15, 0.2) is 63.2 Å².